The molecule has 2 aromatic heterocycles. The Morgan fingerprint density at radius 3 is 2.59 bits per heavy atom. The van der Waals surface area contributed by atoms with E-state index in [-0.39, 0.29) is 12.3 Å². The standard InChI is InChI=1S/C15H16ClN3O3/c1-9-12(21-2)4-10(7-17-9)5-15(20)19-14-6-13(22-3)11(16)8-18-14/h4,6-8H,5H2,1-3H3,(H,18,19,20). The monoisotopic (exact) mass is 321 g/mol. The second-order valence-electron chi connectivity index (χ2n) is 4.56. The van der Waals surface area contributed by atoms with Crippen LogP contribution in [0.25, 0.3) is 0 Å². The first-order valence-corrected chi connectivity index (χ1v) is 6.90. The van der Waals surface area contributed by atoms with Crippen LogP contribution in [0.1, 0.15) is 11.3 Å². The van der Waals surface area contributed by atoms with Gasteiger partial charge in [0.25, 0.3) is 0 Å². The Morgan fingerprint density at radius 1 is 1.18 bits per heavy atom. The van der Waals surface area contributed by atoms with Gasteiger partial charge in [-0.2, -0.15) is 0 Å². The summed E-state index contributed by atoms with van der Waals surface area (Å²) in [6.07, 6.45) is 3.23. The van der Waals surface area contributed by atoms with Gasteiger partial charge in [0.1, 0.15) is 22.3 Å². The van der Waals surface area contributed by atoms with Crippen LogP contribution in [0.5, 0.6) is 11.5 Å². The number of halogens is 1. The number of nitrogens with one attached hydrogen (secondary N) is 1. The summed E-state index contributed by atoms with van der Waals surface area (Å²) in [5.41, 5.74) is 1.52. The lowest BCUT2D eigenvalue weighted by Crippen LogP contribution is -2.15. The Balaban J connectivity index is 2.07. The Hall–Kier alpha value is -2.34. The second-order valence-corrected chi connectivity index (χ2v) is 4.97. The number of anilines is 1. The molecule has 0 fully saturated rings. The van der Waals surface area contributed by atoms with Gasteiger partial charge in [-0.1, -0.05) is 11.6 Å². The molecule has 7 heteroatoms. The van der Waals surface area contributed by atoms with Crippen molar-refractivity contribution in [1.29, 1.82) is 0 Å². The van der Waals surface area contributed by atoms with Gasteiger partial charge >= 0.3 is 0 Å². The van der Waals surface area contributed by atoms with Crippen molar-refractivity contribution in [3.05, 3.63) is 40.8 Å². The number of rotatable bonds is 5. The van der Waals surface area contributed by atoms with Gasteiger partial charge in [0, 0.05) is 12.3 Å². The minimum absolute atomic E-state index is 0.163. The summed E-state index contributed by atoms with van der Waals surface area (Å²) < 4.78 is 10.3. The van der Waals surface area contributed by atoms with E-state index in [1.54, 1.807) is 25.4 Å². The van der Waals surface area contributed by atoms with Crippen LogP contribution in [0.2, 0.25) is 5.02 Å². The molecule has 0 spiro atoms. The third kappa shape index (κ3) is 3.85. The summed E-state index contributed by atoms with van der Waals surface area (Å²) in [5.74, 6) is 1.25. The number of carbonyl (C=O) groups excluding carboxylic acids is 1. The Morgan fingerprint density at radius 2 is 1.91 bits per heavy atom. The Bertz CT molecular complexity index is 634. The van der Waals surface area contributed by atoms with E-state index in [0.29, 0.717) is 22.3 Å². The second kappa shape index (κ2) is 7.09. The zero-order valence-corrected chi connectivity index (χ0v) is 13.3. The summed E-state index contributed by atoms with van der Waals surface area (Å²) in [5, 5.41) is 3.07. The van der Waals surface area contributed by atoms with Gasteiger partial charge in [-0.25, -0.2) is 4.98 Å². The molecule has 22 heavy (non-hydrogen) atoms. The number of ether oxygens (including phenoxy) is 2. The lowest BCUT2D eigenvalue weighted by molar-refractivity contribution is -0.115. The average Bonchev–Trinajstić information content (AvgIpc) is 2.51. The van der Waals surface area contributed by atoms with Crippen molar-refractivity contribution < 1.29 is 14.3 Å². The normalized spacial score (nSPS) is 10.2. The van der Waals surface area contributed by atoms with Crippen LogP contribution >= 0.6 is 11.6 Å². The van der Waals surface area contributed by atoms with Gasteiger partial charge in [-0.05, 0) is 18.6 Å². The number of amides is 1. The topological polar surface area (TPSA) is 73.3 Å². The number of pyridine rings is 2. The molecule has 0 bridgehead atoms. The van der Waals surface area contributed by atoms with Crippen molar-refractivity contribution in [2.45, 2.75) is 13.3 Å². The molecule has 0 saturated heterocycles. The van der Waals surface area contributed by atoms with Crippen LogP contribution in [0.4, 0.5) is 5.82 Å². The van der Waals surface area contributed by atoms with Crippen molar-refractivity contribution >= 4 is 23.3 Å². The van der Waals surface area contributed by atoms with E-state index in [2.05, 4.69) is 15.3 Å². The number of hydrogen-bond donors (Lipinski definition) is 1. The highest BCUT2D eigenvalue weighted by atomic mass is 35.5. The highest BCUT2D eigenvalue weighted by Gasteiger charge is 2.10. The zero-order chi connectivity index (χ0) is 16.1. The molecule has 0 unspecified atom stereocenters. The first-order chi connectivity index (χ1) is 10.5. The van der Waals surface area contributed by atoms with Crippen LogP contribution in [0.3, 0.4) is 0 Å². The molecule has 0 aromatic carbocycles. The van der Waals surface area contributed by atoms with Gasteiger partial charge in [0.2, 0.25) is 5.91 Å². The van der Waals surface area contributed by atoms with E-state index in [9.17, 15) is 4.79 Å². The fourth-order valence-electron chi connectivity index (χ4n) is 1.87. The maximum atomic E-state index is 12.1. The molecule has 116 valence electrons. The van der Waals surface area contributed by atoms with E-state index >= 15 is 0 Å². The highest BCUT2D eigenvalue weighted by molar-refractivity contribution is 6.32. The number of aromatic nitrogens is 2. The number of carbonyl (C=O) groups is 1. The van der Waals surface area contributed by atoms with Crippen LogP contribution in [-0.4, -0.2) is 30.1 Å². The smallest absolute Gasteiger partial charge is 0.230 e. The predicted molar refractivity (Wildman–Crippen MR) is 83.7 cm³/mol. The Labute approximate surface area is 133 Å². The fraction of sp³-hybridized carbons (Fsp3) is 0.267. The number of nitrogens with zero attached hydrogens (tertiary/aromatic N) is 2. The van der Waals surface area contributed by atoms with Gasteiger partial charge in [-0.3, -0.25) is 9.78 Å². The molecule has 0 aliphatic carbocycles. The summed E-state index contributed by atoms with van der Waals surface area (Å²) >= 11 is 5.89. The number of methoxy groups -OCH3 is 2. The minimum atomic E-state index is -0.218. The molecule has 2 aromatic rings. The maximum absolute atomic E-state index is 12.1. The average molecular weight is 322 g/mol. The van der Waals surface area contributed by atoms with Crippen LogP contribution in [-0.2, 0) is 11.2 Å². The Kier molecular flexibility index (Phi) is 5.16. The summed E-state index contributed by atoms with van der Waals surface area (Å²) in [4.78, 5) is 20.3. The van der Waals surface area contributed by atoms with Crippen molar-refractivity contribution in [2.75, 3.05) is 19.5 Å². The summed E-state index contributed by atoms with van der Waals surface area (Å²) in [6.45, 7) is 1.84. The highest BCUT2D eigenvalue weighted by Crippen LogP contribution is 2.25. The van der Waals surface area contributed by atoms with Crippen LogP contribution < -0.4 is 14.8 Å². The number of aryl methyl sites for hydroxylation is 1. The lowest BCUT2D eigenvalue weighted by atomic mass is 10.2. The van der Waals surface area contributed by atoms with Crippen molar-refractivity contribution in [3.63, 3.8) is 0 Å². The van der Waals surface area contributed by atoms with E-state index in [4.69, 9.17) is 21.1 Å². The molecule has 1 N–H and O–H groups in total. The molecule has 6 nitrogen and oxygen atoms in total. The molecular weight excluding hydrogens is 306 g/mol. The van der Waals surface area contributed by atoms with E-state index in [1.807, 2.05) is 6.92 Å². The van der Waals surface area contributed by atoms with Crippen molar-refractivity contribution in [1.82, 2.24) is 9.97 Å². The number of hydrogen-bond acceptors (Lipinski definition) is 5. The quantitative estimate of drug-likeness (QED) is 0.916. The third-order valence-electron chi connectivity index (χ3n) is 2.99. The molecule has 1 amide bonds. The molecule has 0 atom stereocenters. The summed E-state index contributed by atoms with van der Waals surface area (Å²) in [6, 6.07) is 3.35. The lowest BCUT2D eigenvalue weighted by Gasteiger charge is -2.09. The molecule has 0 aliphatic rings. The first-order valence-electron chi connectivity index (χ1n) is 6.52. The van der Waals surface area contributed by atoms with E-state index in [1.165, 1.54) is 13.3 Å². The van der Waals surface area contributed by atoms with E-state index in [0.717, 1.165) is 11.3 Å². The van der Waals surface area contributed by atoms with Crippen molar-refractivity contribution in [2.24, 2.45) is 0 Å². The van der Waals surface area contributed by atoms with Crippen LogP contribution in [0, 0.1) is 6.92 Å². The molecule has 0 radical (unpaired) electrons. The minimum Gasteiger partial charge on any atom is -0.495 e. The fourth-order valence-corrected chi connectivity index (χ4v) is 2.05. The van der Waals surface area contributed by atoms with Gasteiger partial charge in [0.05, 0.1) is 32.5 Å². The van der Waals surface area contributed by atoms with Gasteiger partial charge in [0.15, 0.2) is 0 Å². The molecule has 0 aliphatic heterocycles. The van der Waals surface area contributed by atoms with Gasteiger partial charge < -0.3 is 14.8 Å². The van der Waals surface area contributed by atoms with Crippen molar-refractivity contribution in [3.8, 4) is 11.5 Å². The largest absolute Gasteiger partial charge is 0.495 e. The molecular formula is C15H16ClN3O3. The molecule has 2 rings (SSSR count). The van der Waals surface area contributed by atoms with Gasteiger partial charge in [-0.15, -0.1) is 0 Å². The van der Waals surface area contributed by atoms with Crippen LogP contribution in [0.15, 0.2) is 24.5 Å². The SMILES string of the molecule is COc1cc(NC(=O)Cc2cnc(C)c(OC)c2)ncc1Cl. The van der Waals surface area contributed by atoms with E-state index < -0.39 is 0 Å². The molecule has 0 saturated carbocycles. The first kappa shape index (κ1) is 16.0. The summed E-state index contributed by atoms with van der Waals surface area (Å²) in [7, 11) is 3.06. The maximum Gasteiger partial charge on any atom is 0.230 e. The zero-order valence-electron chi connectivity index (χ0n) is 12.5. The predicted octanol–water partition coefficient (Wildman–Crippen LogP) is 2.64. The third-order valence-corrected chi connectivity index (χ3v) is 3.27. The molecule has 2 heterocycles.